The fraction of sp³-hybridized carbons (Fsp3) is 0.304. The summed E-state index contributed by atoms with van der Waals surface area (Å²) in [5, 5.41) is 0. The van der Waals surface area contributed by atoms with E-state index in [-0.39, 0.29) is 5.41 Å². The Bertz CT molecular complexity index is 766. The molecule has 2 aromatic carbocycles. The van der Waals surface area contributed by atoms with Crippen LogP contribution >= 0.6 is 0 Å². The number of benzene rings is 2. The molecule has 0 radical (unpaired) electrons. The highest BCUT2D eigenvalue weighted by Crippen LogP contribution is 2.70. The van der Waals surface area contributed by atoms with Gasteiger partial charge in [0.1, 0.15) is 0 Å². The van der Waals surface area contributed by atoms with Crippen LogP contribution in [0.1, 0.15) is 38.8 Å². The molecule has 0 aliphatic heterocycles. The van der Waals surface area contributed by atoms with Gasteiger partial charge in [0, 0.05) is 11.3 Å². The predicted octanol–water partition coefficient (Wildman–Crippen LogP) is 5.91. The fourth-order valence-electron chi connectivity index (χ4n) is 4.84. The molecule has 4 rings (SSSR count). The Morgan fingerprint density at radius 3 is 1.65 bits per heavy atom. The highest BCUT2D eigenvalue weighted by molar-refractivity contribution is 5.69. The topological polar surface area (TPSA) is 0 Å². The van der Waals surface area contributed by atoms with Gasteiger partial charge in [-0.1, -0.05) is 73.2 Å². The summed E-state index contributed by atoms with van der Waals surface area (Å²) in [6.45, 7) is 9.34. The van der Waals surface area contributed by atoms with Gasteiger partial charge >= 0.3 is 0 Å². The summed E-state index contributed by atoms with van der Waals surface area (Å²) in [4.78, 5) is 0. The first-order valence-corrected chi connectivity index (χ1v) is 8.60. The van der Waals surface area contributed by atoms with Gasteiger partial charge in [-0.2, -0.15) is 0 Å². The van der Waals surface area contributed by atoms with Crippen molar-refractivity contribution in [3.8, 4) is 0 Å². The summed E-state index contributed by atoms with van der Waals surface area (Å²) in [5.41, 5.74) is 9.18. The van der Waals surface area contributed by atoms with Crippen LogP contribution < -0.4 is 0 Å². The van der Waals surface area contributed by atoms with Crippen LogP contribution in [0.5, 0.6) is 0 Å². The van der Waals surface area contributed by atoms with Crippen molar-refractivity contribution >= 4 is 0 Å². The molecule has 0 heteroatoms. The maximum absolute atomic E-state index is 2.41. The first-order valence-electron chi connectivity index (χ1n) is 8.60. The second kappa shape index (κ2) is 4.96. The lowest BCUT2D eigenvalue weighted by Gasteiger charge is -2.22. The summed E-state index contributed by atoms with van der Waals surface area (Å²) in [5.74, 6) is 1.21. The number of fused-ring (bicyclic) bond motifs is 1. The van der Waals surface area contributed by atoms with Gasteiger partial charge in [0.15, 0.2) is 0 Å². The quantitative estimate of drug-likeness (QED) is 0.647. The molecule has 2 unspecified atom stereocenters. The maximum Gasteiger partial charge on any atom is 0.0491 e. The number of hydrogen-bond acceptors (Lipinski definition) is 0. The molecule has 2 aliphatic rings. The van der Waals surface area contributed by atoms with E-state index < -0.39 is 0 Å². The first-order chi connectivity index (χ1) is 11.1. The zero-order valence-electron chi connectivity index (χ0n) is 14.4. The van der Waals surface area contributed by atoms with Crippen LogP contribution in [0.15, 0.2) is 83.0 Å². The van der Waals surface area contributed by atoms with Gasteiger partial charge < -0.3 is 0 Å². The van der Waals surface area contributed by atoms with Crippen LogP contribution in [0.3, 0.4) is 0 Å². The van der Waals surface area contributed by atoms with E-state index in [0.29, 0.717) is 11.8 Å². The minimum Gasteiger partial charge on any atom is -0.0667 e. The van der Waals surface area contributed by atoms with Gasteiger partial charge in [0.05, 0.1) is 0 Å². The van der Waals surface area contributed by atoms with E-state index in [0.717, 1.165) is 0 Å². The molecule has 0 spiro atoms. The summed E-state index contributed by atoms with van der Waals surface area (Å²) in [6, 6.07) is 22.2. The predicted molar refractivity (Wildman–Crippen MR) is 97.4 cm³/mol. The molecule has 0 heterocycles. The Morgan fingerprint density at radius 1 is 0.696 bits per heavy atom. The van der Waals surface area contributed by atoms with Crippen LogP contribution in [0.2, 0.25) is 0 Å². The third-order valence-corrected chi connectivity index (χ3v) is 6.32. The smallest absolute Gasteiger partial charge is 0.0491 e. The molecule has 0 bridgehead atoms. The lowest BCUT2D eigenvalue weighted by atomic mass is 9.81. The van der Waals surface area contributed by atoms with Crippen LogP contribution in [0, 0.1) is 11.8 Å². The molecule has 2 aromatic rings. The summed E-state index contributed by atoms with van der Waals surface area (Å²) in [7, 11) is 0. The second-order valence-electron chi connectivity index (χ2n) is 7.15. The van der Waals surface area contributed by atoms with Crippen molar-refractivity contribution in [2.75, 3.05) is 0 Å². The van der Waals surface area contributed by atoms with Crippen molar-refractivity contribution in [2.24, 2.45) is 11.8 Å². The Balaban J connectivity index is 2.00. The summed E-state index contributed by atoms with van der Waals surface area (Å²) < 4.78 is 0. The van der Waals surface area contributed by atoms with Gasteiger partial charge in [-0.05, 0) is 54.5 Å². The van der Waals surface area contributed by atoms with Crippen molar-refractivity contribution in [1.82, 2.24) is 0 Å². The largest absolute Gasteiger partial charge is 0.0667 e. The normalized spacial score (nSPS) is 25.4. The molecule has 0 nitrogen and oxygen atoms in total. The molecule has 23 heavy (non-hydrogen) atoms. The molecule has 0 saturated heterocycles. The van der Waals surface area contributed by atoms with Crippen molar-refractivity contribution in [3.63, 3.8) is 0 Å². The maximum atomic E-state index is 2.41. The summed E-state index contributed by atoms with van der Waals surface area (Å²) in [6.07, 6.45) is 0. The molecule has 2 aliphatic carbocycles. The third-order valence-electron chi connectivity index (χ3n) is 6.32. The minimum atomic E-state index is 0.0744. The van der Waals surface area contributed by atoms with Crippen LogP contribution in [-0.2, 0) is 5.41 Å². The van der Waals surface area contributed by atoms with Crippen molar-refractivity contribution < 1.29 is 0 Å². The Morgan fingerprint density at radius 2 is 1.17 bits per heavy atom. The SMILES string of the molecule is CC1=C(C)C(C)C2C(=C1C)C2(c1ccccc1)c1ccccc1. The highest BCUT2D eigenvalue weighted by Gasteiger charge is 2.65. The molecule has 0 aromatic heterocycles. The zero-order chi connectivity index (χ0) is 16.2. The zero-order valence-corrected chi connectivity index (χ0v) is 14.4. The van der Waals surface area contributed by atoms with E-state index >= 15 is 0 Å². The Hall–Kier alpha value is -2.08. The third kappa shape index (κ3) is 1.78. The summed E-state index contributed by atoms with van der Waals surface area (Å²) >= 11 is 0. The van der Waals surface area contributed by atoms with Crippen molar-refractivity contribution in [3.05, 3.63) is 94.1 Å². The van der Waals surface area contributed by atoms with Crippen molar-refractivity contribution in [1.29, 1.82) is 0 Å². The van der Waals surface area contributed by atoms with E-state index in [1.54, 1.807) is 11.1 Å². The van der Waals surface area contributed by atoms with Gasteiger partial charge in [0.2, 0.25) is 0 Å². The monoisotopic (exact) mass is 300 g/mol. The van der Waals surface area contributed by atoms with Crippen LogP contribution in [-0.4, -0.2) is 0 Å². The van der Waals surface area contributed by atoms with E-state index in [2.05, 4.69) is 88.4 Å². The highest BCUT2D eigenvalue weighted by atomic mass is 14.7. The van der Waals surface area contributed by atoms with E-state index in [1.807, 2.05) is 0 Å². The average Bonchev–Trinajstić information content (AvgIpc) is 3.31. The van der Waals surface area contributed by atoms with E-state index in [9.17, 15) is 0 Å². The Kier molecular flexibility index (Phi) is 3.13. The van der Waals surface area contributed by atoms with Crippen LogP contribution in [0.4, 0.5) is 0 Å². The second-order valence-corrected chi connectivity index (χ2v) is 7.15. The number of rotatable bonds is 2. The molecule has 0 amide bonds. The lowest BCUT2D eigenvalue weighted by molar-refractivity contribution is 0.533. The van der Waals surface area contributed by atoms with Gasteiger partial charge in [-0.3, -0.25) is 0 Å². The van der Waals surface area contributed by atoms with Gasteiger partial charge in [0.25, 0.3) is 0 Å². The Labute approximate surface area is 139 Å². The molecule has 2 atom stereocenters. The lowest BCUT2D eigenvalue weighted by Crippen LogP contribution is -2.16. The minimum absolute atomic E-state index is 0.0744. The standard InChI is InChI=1S/C23H24/c1-15-16(2)18(4)22-21(17(15)3)23(22,19-11-7-5-8-12-19)20-13-9-6-10-14-20/h5-14,17,21H,1-4H3. The number of hydrogen-bond donors (Lipinski definition) is 0. The molecule has 1 saturated carbocycles. The number of allylic oxidation sites excluding steroid dienone is 4. The molecule has 116 valence electrons. The van der Waals surface area contributed by atoms with Gasteiger partial charge in [-0.15, -0.1) is 0 Å². The molecular formula is C23H24. The van der Waals surface area contributed by atoms with Gasteiger partial charge in [-0.25, -0.2) is 0 Å². The molecule has 0 N–H and O–H groups in total. The molecule has 1 fully saturated rings. The van der Waals surface area contributed by atoms with E-state index in [1.165, 1.54) is 22.3 Å². The first kappa shape index (κ1) is 14.5. The van der Waals surface area contributed by atoms with Crippen molar-refractivity contribution in [2.45, 2.75) is 33.1 Å². The molecular weight excluding hydrogens is 276 g/mol. The van der Waals surface area contributed by atoms with Crippen LogP contribution in [0.25, 0.3) is 0 Å². The fourth-order valence-corrected chi connectivity index (χ4v) is 4.84. The average molecular weight is 300 g/mol. The van der Waals surface area contributed by atoms with E-state index in [4.69, 9.17) is 0 Å².